The van der Waals surface area contributed by atoms with Crippen LogP contribution in [-0.2, 0) is 0 Å². The van der Waals surface area contributed by atoms with Gasteiger partial charge in [-0.1, -0.05) is 22.0 Å². The van der Waals surface area contributed by atoms with Gasteiger partial charge in [0.1, 0.15) is 5.82 Å². The number of rotatable bonds is 1. The number of aryl methyl sites for hydroxylation is 3. The number of benzene rings is 1. The fourth-order valence-electron chi connectivity index (χ4n) is 1.61. The largest absolute Gasteiger partial charge is 0.241 e. The molecule has 0 saturated heterocycles. The van der Waals surface area contributed by atoms with Crippen molar-refractivity contribution in [3.8, 4) is 11.3 Å². The molecular formula is C13H13BrN2. The molecule has 3 heteroatoms. The molecule has 1 heterocycles. The molecule has 0 unspecified atom stereocenters. The third kappa shape index (κ3) is 2.14. The fourth-order valence-corrected chi connectivity index (χ4v) is 1.86. The van der Waals surface area contributed by atoms with E-state index in [0.717, 1.165) is 27.1 Å². The van der Waals surface area contributed by atoms with E-state index in [-0.39, 0.29) is 0 Å². The number of hydrogen-bond donors (Lipinski definition) is 0. The Balaban J connectivity index is 2.58. The second-order valence-corrected chi connectivity index (χ2v) is 4.77. The number of aromatic nitrogens is 2. The fraction of sp³-hybridized carbons (Fsp3) is 0.231. The van der Waals surface area contributed by atoms with E-state index in [9.17, 15) is 0 Å². The number of halogens is 1. The molecule has 0 aliphatic rings. The van der Waals surface area contributed by atoms with Gasteiger partial charge in [0.2, 0.25) is 0 Å². The van der Waals surface area contributed by atoms with Gasteiger partial charge in [0.15, 0.2) is 0 Å². The topological polar surface area (TPSA) is 25.8 Å². The van der Waals surface area contributed by atoms with Crippen LogP contribution in [-0.4, -0.2) is 9.97 Å². The van der Waals surface area contributed by atoms with Crippen molar-refractivity contribution in [1.82, 2.24) is 9.97 Å². The van der Waals surface area contributed by atoms with Crippen LogP contribution >= 0.6 is 15.9 Å². The minimum Gasteiger partial charge on any atom is -0.241 e. The maximum atomic E-state index is 4.49. The third-order valence-electron chi connectivity index (χ3n) is 2.52. The van der Waals surface area contributed by atoms with Crippen molar-refractivity contribution in [2.45, 2.75) is 20.8 Å². The van der Waals surface area contributed by atoms with Gasteiger partial charge in [-0.2, -0.15) is 0 Å². The molecule has 2 rings (SSSR count). The minimum atomic E-state index is 0.807. The van der Waals surface area contributed by atoms with Gasteiger partial charge in [-0.25, -0.2) is 9.97 Å². The smallest absolute Gasteiger partial charge is 0.125 e. The van der Waals surface area contributed by atoms with Gasteiger partial charge in [0, 0.05) is 16.2 Å². The van der Waals surface area contributed by atoms with Crippen LogP contribution in [0, 0.1) is 20.8 Å². The Morgan fingerprint density at radius 3 is 2.50 bits per heavy atom. The van der Waals surface area contributed by atoms with Gasteiger partial charge >= 0.3 is 0 Å². The highest BCUT2D eigenvalue weighted by atomic mass is 79.9. The van der Waals surface area contributed by atoms with Crippen molar-refractivity contribution in [3.05, 3.63) is 45.8 Å². The molecule has 82 valence electrons. The van der Waals surface area contributed by atoms with E-state index in [1.54, 1.807) is 0 Å². The van der Waals surface area contributed by atoms with Crippen LogP contribution in [0.3, 0.4) is 0 Å². The Morgan fingerprint density at radius 2 is 1.81 bits per heavy atom. The zero-order valence-corrected chi connectivity index (χ0v) is 11.2. The first kappa shape index (κ1) is 11.3. The van der Waals surface area contributed by atoms with Crippen LogP contribution in [0.1, 0.15) is 17.0 Å². The summed E-state index contributed by atoms with van der Waals surface area (Å²) in [5.74, 6) is 0.807. The summed E-state index contributed by atoms with van der Waals surface area (Å²) in [6.45, 7) is 6.03. The molecular weight excluding hydrogens is 264 g/mol. The predicted molar refractivity (Wildman–Crippen MR) is 69.4 cm³/mol. The lowest BCUT2D eigenvalue weighted by molar-refractivity contribution is 1.04. The molecule has 0 aliphatic carbocycles. The molecule has 0 amide bonds. The van der Waals surface area contributed by atoms with Crippen LogP contribution in [0.5, 0.6) is 0 Å². The number of nitrogens with zero attached hydrogens (tertiary/aromatic N) is 2. The summed E-state index contributed by atoms with van der Waals surface area (Å²) in [6.07, 6.45) is 1.87. The molecule has 0 fully saturated rings. The van der Waals surface area contributed by atoms with E-state index < -0.39 is 0 Å². The minimum absolute atomic E-state index is 0.807. The molecule has 0 radical (unpaired) electrons. The number of hydrogen-bond acceptors (Lipinski definition) is 2. The predicted octanol–water partition coefficient (Wildman–Crippen LogP) is 3.83. The first-order valence-electron chi connectivity index (χ1n) is 5.14. The zero-order chi connectivity index (χ0) is 11.7. The highest BCUT2D eigenvalue weighted by Gasteiger charge is 2.06. The van der Waals surface area contributed by atoms with E-state index >= 15 is 0 Å². The molecule has 2 aromatic rings. The third-order valence-corrected chi connectivity index (χ3v) is 3.41. The van der Waals surface area contributed by atoms with Gasteiger partial charge in [0.05, 0.1) is 5.69 Å². The Bertz CT molecular complexity index is 535. The molecule has 0 bridgehead atoms. The summed E-state index contributed by atoms with van der Waals surface area (Å²) < 4.78 is 1.12. The average Bonchev–Trinajstić information content (AvgIpc) is 2.26. The summed E-state index contributed by atoms with van der Waals surface area (Å²) in [6, 6.07) is 6.27. The van der Waals surface area contributed by atoms with Crippen LogP contribution < -0.4 is 0 Å². The standard InChI is InChI=1S/C13H13BrN2/c1-8-6-11(4-5-12(8)14)13-9(2)7-15-10(3)16-13/h4-7H,1-3H3. The van der Waals surface area contributed by atoms with Gasteiger partial charge in [-0.3, -0.25) is 0 Å². The van der Waals surface area contributed by atoms with Crippen molar-refractivity contribution < 1.29 is 0 Å². The Labute approximate surface area is 104 Å². The monoisotopic (exact) mass is 276 g/mol. The highest BCUT2D eigenvalue weighted by molar-refractivity contribution is 9.10. The van der Waals surface area contributed by atoms with Crippen molar-refractivity contribution in [2.75, 3.05) is 0 Å². The van der Waals surface area contributed by atoms with E-state index in [4.69, 9.17) is 0 Å². The van der Waals surface area contributed by atoms with E-state index in [2.05, 4.69) is 51.0 Å². The summed E-state index contributed by atoms with van der Waals surface area (Å²) >= 11 is 3.50. The second-order valence-electron chi connectivity index (χ2n) is 3.91. The lowest BCUT2D eigenvalue weighted by Crippen LogP contribution is -1.94. The lowest BCUT2D eigenvalue weighted by atomic mass is 10.1. The molecule has 1 aromatic carbocycles. The average molecular weight is 277 g/mol. The van der Waals surface area contributed by atoms with E-state index in [0.29, 0.717) is 0 Å². The molecule has 2 nitrogen and oxygen atoms in total. The van der Waals surface area contributed by atoms with E-state index in [1.807, 2.05) is 20.0 Å². The highest BCUT2D eigenvalue weighted by Crippen LogP contribution is 2.25. The molecule has 0 aliphatic heterocycles. The van der Waals surface area contributed by atoms with Crippen molar-refractivity contribution >= 4 is 15.9 Å². The SMILES string of the molecule is Cc1ncc(C)c(-c2ccc(Br)c(C)c2)n1. The van der Waals surface area contributed by atoms with Crippen molar-refractivity contribution in [3.63, 3.8) is 0 Å². The molecule has 0 spiro atoms. The maximum Gasteiger partial charge on any atom is 0.125 e. The normalized spacial score (nSPS) is 10.5. The van der Waals surface area contributed by atoms with E-state index in [1.165, 1.54) is 5.56 Å². The first-order chi connectivity index (χ1) is 7.58. The van der Waals surface area contributed by atoms with Crippen molar-refractivity contribution in [1.29, 1.82) is 0 Å². The van der Waals surface area contributed by atoms with Crippen LogP contribution in [0.4, 0.5) is 0 Å². The Hall–Kier alpha value is -1.22. The van der Waals surface area contributed by atoms with Gasteiger partial charge in [-0.15, -0.1) is 0 Å². The summed E-state index contributed by atoms with van der Waals surface area (Å²) in [4.78, 5) is 8.67. The van der Waals surface area contributed by atoms with Crippen LogP contribution in [0.2, 0.25) is 0 Å². The first-order valence-corrected chi connectivity index (χ1v) is 5.94. The summed E-state index contributed by atoms with van der Waals surface area (Å²) in [5, 5.41) is 0. The van der Waals surface area contributed by atoms with Crippen LogP contribution in [0.25, 0.3) is 11.3 Å². The molecule has 16 heavy (non-hydrogen) atoms. The Morgan fingerprint density at radius 1 is 1.06 bits per heavy atom. The van der Waals surface area contributed by atoms with Gasteiger partial charge in [0.25, 0.3) is 0 Å². The second kappa shape index (κ2) is 4.34. The molecule has 1 aromatic heterocycles. The molecule has 0 saturated carbocycles. The summed E-state index contributed by atoms with van der Waals surface area (Å²) in [7, 11) is 0. The van der Waals surface area contributed by atoms with Crippen molar-refractivity contribution in [2.24, 2.45) is 0 Å². The van der Waals surface area contributed by atoms with Gasteiger partial charge < -0.3 is 0 Å². The van der Waals surface area contributed by atoms with Gasteiger partial charge in [-0.05, 0) is 44.0 Å². The lowest BCUT2D eigenvalue weighted by Gasteiger charge is -2.07. The van der Waals surface area contributed by atoms with Crippen LogP contribution in [0.15, 0.2) is 28.9 Å². The molecule has 0 N–H and O–H groups in total. The molecule has 0 atom stereocenters. The Kier molecular flexibility index (Phi) is 3.06. The quantitative estimate of drug-likeness (QED) is 0.791. The maximum absolute atomic E-state index is 4.49. The summed E-state index contributed by atoms with van der Waals surface area (Å²) in [5.41, 5.74) is 4.48. The zero-order valence-electron chi connectivity index (χ0n) is 9.58.